The van der Waals surface area contributed by atoms with Crippen molar-refractivity contribution in [3.8, 4) is 0 Å². The first-order chi connectivity index (χ1) is 40.5. The highest BCUT2D eigenvalue weighted by Crippen LogP contribution is 2.17. The fourth-order valence-electron chi connectivity index (χ4n) is 9.82. The largest absolute Gasteiger partial charge is 0.462 e. The normalized spacial score (nSPS) is 12.8. The summed E-state index contributed by atoms with van der Waals surface area (Å²) in [6.07, 6.45) is 95.4. The number of hydrogen-bond acceptors (Lipinski definition) is 6. The maximum absolute atomic E-state index is 12.9. The van der Waals surface area contributed by atoms with E-state index in [1.165, 1.54) is 167 Å². The second kappa shape index (κ2) is 69.6. The van der Waals surface area contributed by atoms with Gasteiger partial charge in [-0.1, -0.05) is 323 Å². The predicted molar refractivity (Wildman–Crippen MR) is 357 cm³/mol. The predicted octanol–water partition coefficient (Wildman–Crippen LogP) is 24.2. The summed E-state index contributed by atoms with van der Waals surface area (Å²) in [5.74, 6) is -0.884. The van der Waals surface area contributed by atoms with E-state index in [2.05, 4.69) is 130 Å². The number of carbonyl (C=O) groups is 3. The molecule has 0 spiro atoms. The van der Waals surface area contributed by atoms with Crippen molar-refractivity contribution in [3.63, 3.8) is 0 Å². The van der Waals surface area contributed by atoms with Gasteiger partial charge in [-0.3, -0.25) is 14.4 Å². The minimum Gasteiger partial charge on any atom is -0.462 e. The molecule has 0 aliphatic carbocycles. The zero-order valence-corrected chi connectivity index (χ0v) is 54.0. The lowest BCUT2D eigenvalue weighted by molar-refractivity contribution is -0.167. The van der Waals surface area contributed by atoms with Gasteiger partial charge in [-0.2, -0.15) is 0 Å². The molecule has 0 radical (unpaired) electrons. The summed E-state index contributed by atoms with van der Waals surface area (Å²) >= 11 is 0. The van der Waals surface area contributed by atoms with Crippen LogP contribution in [-0.2, 0) is 28.6 Å². The highest BCUT2D eigenvalue weighted by Gasteiger charge is 2.19. The van der Waals surface area contributed by atoms with E-state index >= 15 is 0 Å². The van der Waals surface area contributed by atoms with Crippen molar-refractivity contribution in [2.24, 2.45) is 0 Å². The number of allylic oxidation sites excluding steroid dienone is 18. The molecule has 0 amide bonds. The summed E-state index contributed by atoms with van der Waals surface area (Å²) in [5, 5.41) is 0. The fourth-order valence-corrected chi connectivity index (χ4v) is 9.82. The Morgan fingerprint density at radius 2 is 0.500 bits per heavy atom. The maximum Gasteiger partial charge on any atom is 0.306 e. The number of unbranched alkanes of at least 4 members (excludes halogenated alkanes) is 34. The lowest BCUT2D eigenvalue weighted by atomic mass is 10.0. The van der Waals surface area contributed by atoms with Crippen LogP contribution in [0.1, 0.15) is 335 Å². The first-order valence-electron chi connectivity index (χ1n) is 34.9. The van der Waals surface area contributed by atoms with E-state index in [1.807, 2.05) is 0 Å². The SMILES string of the molecule is CC/C=C\C/C=C\C/C=C\C/C=C\C/C=C\C/C=C\C/C=C\CCCCCCCCCCCCCC(=O)OCC(COC(=O)CCCCCCC/C=C\C/C=C\CCC)OC(=O)CCCCCCCCCCCCCCCCCCCC. The lowest BCUT2D eigenvalue weighted by Gasteiger charge is -2.18. The first kappa shape index (κ1) is 78.1. The number of carbonyl (C=O) groups excluding carboxylic acids is 3. The Kier molecular flexibility index (Phi) is 66.2. The summed E-state index contributed by atoms with van der Waals surface area (Å²) in [6, 6.07) is 0. The van der Waals surface area contributed by atoms with Crippen LogP contribution in [0.2, 0.25) is 0 Å². The maximum atomic E-state index is 12.9. The van der Waals surface area contributed by atoms with Gasteiger partial charge in [0.05, 0.1) is 0 Å². The monoisotopic (exact) mass is 1140 g/mol. The molecule has 6 nitrogen and oxygen atoms in total. The number of hydrogen-bond donors (Lipinski definition) is 0. The van der Waals surface area contributed by atoms with Crippen molar-refractivity contribution in [1.82, 2.24) is 0 Å². The summed E-state index contributed by atoms with van der Waals surface area (Å²) in [6.45, 7) is 6.49. The molecule has 0 aromatic rings. The van der Waals surface area contributed by atoms with Crippen molar-refractivity contribution in [3.05, 3.63) is 109 Å². The molecule has 1 atom stereocenters. The van der Waals surface area contributed by atoms with E-state index in [9.17, 15) is 14.4 Å². The first-order valence-corrected chi connectivity index (χ1v) is 34.9. The molecule has 0 rings (SSSR count). The van der Waals surface area contributed by atoms with Crippen molar-refractivity contribution in [2.75, 3.05) is 13.2 Å². The molecule has 0 heterocycles. The Bertz CT molecular complexity index is 1640. The van der Waals surface area contributed by atoms with Crippen LogP contribution in [0.5, 0.6) is 0 Å². The van der Waals surface area contributed by atoms with Gasteiger partial charge < -0.3 is 14.2 Å². The zero-order valence-electron chi connectivity index (χ0n) is 54.0. The summed E-state index contributed by atoms with van der Waals surface area (Å²) in [5.41, 5.74) is 0. The van der Waals surface area contributed by atoms with Crippen LogP contribution in [0.3, 0.4) is 0 Å². The molecule has 0 bridgehead atoms. The van der Waals surface area contributed by atoms with Crippen molar-refractivity contribution >= 4 is 17.9 Å². The number of esters is 3. The van der Waals surface area contributed by atoms with Gasteiger partial charge in [0.15, 0.2) is 6.10 Å². The van der Waals surface area contributed by atoms with E-state index < -0.39 is 6.10 Å². The minimum atomic E-state index is -0.785. The summed E-state index contributed by atoms with van der Waals surface area (Å²) in [4.78, 5) is 38.4. The molecule has 0 saturated carbocycles. The third-order valence-electron chi connectivity index (χ3n) is 15.0. The van der Waals surface area contributed by atoms with E-state index in [-0.39, 0.29) is 31.1 Å². The van der Waals surface area contributed by atoms with E-state index in [1.54, 1.807) is 0 Å². The minimum absolute atomic E-state index is 0.0811. The standard InChI is InChI=1S/C76H130O6/c1-4-7-10-13-16-19-22-25-27-29-31-32-33-34-35-36-37-38-39-40-41-42-43-44-45-47-48-51-54-57-60-63-66-69-75(78)81-72-73(71-80-74(77)68-65-62-59-56-53-50-24-21-18-15-12-9-6-3)82-76(79)70-67-64-61-58-55-52-49-46-30-28-26-23-20-17-14-11-8-5-2/h7,10,12,15-16,19,21,24-25,27,31-32,34-35,37-38,40-41,73H,4-6,8-9,11,13-14,17-18,20,22-23,26,28-30,33,36,39,42-72H2,1-3H3/b10-7-,15-12-,19-16-,24-21-,27-25-,32-31-,35-34-,38-37-,41-40-. The molecule has 1 unspecified atom stereocenters. The molecule has 0 aromatic carbocycles. The zero-order chi connectivity index (χ0) is 59.2. The molecule has 0 fully saturated rings. The molecule has 0 aromatic heterocycles. The van der Waals surface area contributed by atoms with Crippen molar-refractivity contribution < 1.29 is 28.6 Å². The smallest absolute Gasteiger partial charge is 0.306 e. The van der Waals surface area contributed by atoms with Gasteiger partial charge in [-0.15, -0.1) is 0 Å². The van der Waals surface area contributed by atoms with Crippen LogP contribution in [0, 0.1) is 0 Å². The highest BCUT2D eigenvalue weighted by atomic mass is 16.6. The third-order valence-corrected chi connectivity index (χ3v) is 15.0. The fraction of sp³-hybridized carbons (Fsp3) is 0.724. The molecular formula is C76H130O6. The summed E-state index contributed by atoms with van der Waals surface area (Å²) < 4.78 is 17.0. The topological polar surface area (TPSA) is 78.9 Å². The second-order valence-corrected chi connectivity index (χ2v) is 23.1. The van der Waals surface area contributed by atoms with Crippen LogP contribution >= 0.6 is 0 Å². The highest BCUT2D eigenvalue weighted by molar-refractivity contribution is 5.71. The molecule has 0 saturated heterocycles. The Labute approximate surface area is 508 Å². The van der Waals surface area contributed by atoms with Crippen LogP contribution in [-0.4, -0.2) is 37.2 Å². The lowest BCUT2D eigenvalue weighted by Crippen LogP contribution is -2.30. The molecule has 470 valence electrons. The van der Waals surface area contributed by atoms with Crippen LogP contribution in [0.4, 0.5) is 0 Å². The Morgan fingerprint density at radius 3 is 0.793 bits per heavy atom. The van der Waals surface area contributed by atoms with Crippen LogP contribution in [0.25, 0.3) is 0 Å². The van der Waals surface area contributed by atoms with Gasteiger partial charge in [-0.05, 0) is 103 Å². The number of ether oxygens (including phenoxy) is 3. The molecule has 82 heavy (non-hydrogen) atoms. The van der Waals surface area contributed by atoms with Gasteiger partial charge >= 0.3 is 17.9 Å². The van der Waals surface area contributed by atoms with Gasteiger partial charge in [0, 0.05) is 19.3 Å². The van der Waals surface area contributed by atoms with Crippen LogP contribution in [0.15, 0.2) is 109 Å². The quantitative estimate of drug-likeness (QED) is 0.0261. The van der Waals surface area contributed by atoms with Gasteiger partial charge in [0.25, 0.3) is 0 Å². The van der Waals surface area contributed by atoms with E-state index in [0.29, 0.717) is 19.3 Å². The average Bonchev–Trinajstić information content (AvgIpc) is 3.47. The average molecular weight is 1140 g/mol. The Balaban J connectivity index is 4.24. The molecule has 6 heteroatoms. The van der Waals surface area contributed by atoms with Gasteiger partial charge in [0.2, 0.25) is 0 Å². The van der Waals surface area contributed by atoms with Gasteiger partial charge in [0.1, 0.15) is 13.2 Å². The van der Waals surface area contributed by atoms with E-state index in [4.69, 9.17) is 14.2 Å². The van der Waals surface area contributed by atoms with Gasteiger partial charge in [-0.25, -0.2) is 0 Å². The molecule has 0 N–H and O–H groups in total. The van der Waals surface area contributed by atoms with Crippen molar-refractivity contribution in [1.29, 1.82) is 0 Å². The van der Waals surface area contributed by atoms with Crippen molar-refractivity contribution in [2.45, 2.75) is 341 Å². The van der Waals surface area contributed by atoms with E-state index in [0.717, 1.165) is 128 Å². The second-order valence-electron chi connectivity index (χ2n) is 23.1. The molecule has 0 aliphatic heterocycles. The van der Waals surface area contributed by atoms with Crippen LogP contribution < -0.4 is 0 Å². The summed E-state index contributed by atoms with van der Waals surface area (Å²) in [7, 11) is 0. The third kappa shape index (κ3) is 66.9. The molecule has 0 aliphatic rings. The number of rotatable bonds is 63. The molecular weight excluding hydrogens is 1010 g/mol. The Morgan fingerprint density at radius 1 is 0.256 bits per heavy atom. The Hall–Kier alpha value is -3.93.